The average molecular weight is 410 g/mol. The van der Waals surface area contributed by atoms with Crippen molar-refractivity contribution in [2.24, 2.45) is 4.40 Å². The molecule has 1 aliphatic rings. The first-order valence-corrected chi connectivity index (χ1v) is 10.5. The van der Waals surface area contributed by atoms with Gasteiger partial charge in [0.1, 0.15) is 4.90 Å². The lowest BCUT2D eigenvalue weighted by atomic mass is 10.2. The Hall–Kier alpha value is -2.03. The third-order valence-electron chi connectivity index (χ3n) is 3.60. The molecule has 0 bridgehead atoms. The maximum atomic E-state index is 12.2. The van der Waals surface area contributed by atoms with Gasteiger partial charge >= 0.3 is 0 Å². The van der Waals surface area contributed by atoms with Crippen LogP contribution < -0.4 is 10.6 Å². The second-order valence-corrected chi connectivity index (χ2v) is 8.66. The maximum absolute atomic E-state index is 12.2. The standard InChI is InChI=1S/C17H16ClN3O3S2/c1-11-2-7-15-14(8-11)20-17(21-26(15,23)24)25-10-16(22)19-9-12-3-5-13(18)6-4-12/h2-8H,9-10H2,1H3,(H,19,22)(H,20,21). The van der Waals surface area contributed by atoms with E-state index in [9.17, 15) is 13.2 Å². The molecule has 2 aromatic rings. The van der Waals surface area contributed by atoms with Crippen LogP contribution in [-0.4, -0.2) is 25.2 Å². The highest BCUT2D eigenvalue weighted by molar-refractivity contribution is 8.15. The van der Waals surface area contributed by atoms with Gasteiger partial charge in [0.25, 0.3) is 10.0 Å². The van der Waals surface area contributed by atoms with Crippen molar-refractivity contribution in [2.45, 2.75) is 18.4 Å². The monoisotopic (exact) mass is 409 g/mol. The molecular formula is C17H16ClN3O3S2. The van der Waals surface area contributed by atoms with Gasteiger partial charge in [-0.2, -0.15) is 8.42 Å². The number of nitrogens with one attached hydrogen (secondary N) is 2. The van der Waals surface area contributed by atoms with Crippen molar-refractivity contribution in [3.63, 3.8) is 0 Å². The van der Waals surface area contributed by atoms with Crippen LogP contribution in [0.1, 0.15) is 11.1 Å². The minimum absolute atomic E-state index is 0.0517. The number of halogens is 1. The van der Waals surface area contributed by atoms with E-state index in [0.29, 0.717) is 17.3 Å². The lowest BCUT2D eigenvalue weighted by Gasteiger charge is -2.18. The molecule has 2 N–H and O–H groups in total. The molecule has 0 spiro atoms. The van der Waals surface area contributed by atoms with Gasteiger partial charge in [0.15, 0.2) is 5.17 Å². The van der Waals surface area contributed by atoms with Crippen LogP contribution in [0, 0.1) is 6.92 Å². The van der Waals surface area contributed by atoms with Gasteiger partial charge in [-0.15, -0.1) is 4.40 Å². The summed E-state index contributed by atoms with van der Waals surface area (Å²) in [6.07, 6.45) is 0. The molecule has 1 aliphatic heterocycles. The number of carbonyl (C=O) groups excluding carboxylic acids is 1. The third-order valence-corrected chi connectivity index (χ3v) is 6.18. The molecule has 3 rings (SSSR count). The summed E-state index contributed by atoms with van der Waals surface area (Å²) in [5.74, 6) is -0.169. The zero-order chi connectivity index (χ0) is 18.7. The third kappa shape index (κ3) is 4.57. The molecule has 26 heavy (non-hydrogen) atoms. The number of rotatable bonds is 4. The van der Waals surface area contributed by atoms with Gasteiger partial charge in [-0.3, -0.25) is 4.79 Å². The summed E-state index contributed by atoms with van der Waals surface area (Å²) in [5.41, 5.74) is 2.33. The van der Waals surface area contributed by atoms with Gasteiger partial charge < -0.3 is 10.6 Å². The van der Waals surface area contributed by atoms with Gasteiger partial charge in [-0.1, -0.05) is 41.6 Å². The van der Waals surface area contributed by atoms with E-state index in [-0.39, 0.29) is 21.7 Å². The minimum Gasteiger partial charge on any atom is -0.351 e. The van der Waals surface area contributed by atoms with Crippen LogP contribution in [0.4, 0.5) is 5.69 Å². The van der Waals surface area contributed by atoms with Crippen LogP contribution in [0.15, 0.2) is 51.8 Å². The van der Waals surface area contributed by atoms with Gasteiger partial charge in [-0.25, -0.2) is 0 Å². The molecule has 0 radical (unpaired) electrons. The second-order valence-electron chi connectivity index (χ2n) is 5.69. The van der Waals surface area contributed by atoms with Crippen LogP contribution in [-0.2, 0) is 21.4 Å². The van der Waals surface area contributed by atoms with E-state index in [0.717, 1.165) is 22.9 Å². The summed E-state index contributed by atoms with van der Waals surface area (Å²) in [4.78, 5) is 12.1. The fraction of sp³-hybridized carbons (Fsp3) is 0.176. The van der Waals surface area contributed by atoms with E-state index < -0.39 is 10.0 Å². The molecule has 0 aromatic heterocycles. The molecule has 0 atom stereocenters. The van der Waals surface area contributed by atoms with Crippen LogP contribution >= 0.6 is 23.4 Å². The summed E-state index contributed by atoms with van der Waals surface area (Å²) in [6, 6.07) is 12.1. The Bertz CT molecular complexity index is 973. The Balaban J connectivity index is 1.58. The predicted molar refractivity (Wildman–Crippen MR) is 105 cm³/mol. The smallest absolute Gasteiger partial charge is 0.286 e. The van der Waals surface area contributed by atoms with Gasteiger partial charge in [0.05, 0.1) is 11.4 Å². The maximum Gasteiger partial charge on any atom is 0.286 e. The van der Waals surface area contributed by atoms with Crippen LogP contribution in [0.5, 0.6) is 0 Å². The summed E-state index contributed by atoms with van der Waals surface area (Å²) in [7, 11) is -3.75. The highest BCUT2D eigenvalue weighted by Gasteiger charge is 2.25. The van der Waals surface area contributed by atoms with Gasteiger partial charge in [0, 0.05) is 11.6 Å². The number of sulfonamides is 1. The predicted octanol–water partition coefficient (Wildman–Crippen LogP) is 3.17. The molecule has 0 fully saturated rings. The number of aryl methyl sites for hydroxylation is 1. The Morgan fingerprint density at radius 3 is 2.69 bits per heavy atom. The highest BCUT2D eigenvalue weighted by atomic mass is 35.5. The number of nitrogens with zero attached hydrogens (tertiary/aromatic N) is 1. The lowest BCUT2D eigenvalue weighted by Crippen LogP contribution is -2.27. The molecule has 2 aromatic carbocycles. The first-order chi connectivity index (χ1) is 12.3. The Morgan fingerprint density at radius 2 is 1.96 bits per heavy atom. The van der Waals surface area contributed by atoms with E-state index in [2.05, 4.69) is 15.0 Å². The molecule has 0 saturated carbocycles. The first kappa shape index (κ1) is 18.8. The van der Waals surface area contributed by atoms with Crippen molar-refractivity contribution in [1.29, 1.82) is 0 Å². The number of benzene rings is 2. The molecule has 9 heteroatoms. The van der Waals surface area contributed by atoms with Crippen LogP contribution in [0.25, 0.3) is 0 Å². The van der Waals surface area contributed by atoms with Crippen molar-refractivity contribution in [3.05, 3.63) is 58.6 Å². The molecule has 1 heterocycles. The van der Waals surface area contributed by atoms with Crippen LogP contribution in [0.2, 0.25) is 5.02 Å². The fourth-order valence-electron chi connectivity index (χ4n) is 2.31. The zero-order valence-corrected chi connectivity index (χ0v) is 16.2. The number of hydrogen-bond donors (Lipinski definition) is 2. The topological polar surface area (TPSA) is 87.6 Å². The van der Waals surface area contributed by atoms with E-state index in [4.69, 9.17) is 11.6 Å². The molecule has 0 unspecified atom stereocenters. The molecule has 1 amide bonds. The number of fused-ring (bicyclic) bond motifs is 1. The van der Waals surface area contributed by atoms with Gasteiger partial charge in [-0.05, 0) is 42.3 Å². The van der Waals surface area contributed by atoms with Crippen molar-refractivity contribution in [3.8, 4) is 0 Å². The largest absolute Gasteiger partial charge is 0.351 e. The Morgan fingerprint density at radius 1 is 1.23 bits per heavy atom. The molecule has 0 saturated heterocycles. The molecule has 136 valence electrons. The quantitative estimate of drug-likeness (QED) is 0.809. The zero-order valence-electron chi connectivity index (χ0n) is 13.8. The summed E-state index contributed by atoms with van der Waals surface area (Å²) in [6.45, 7) is 2.24. The van der Waals surface area contributed by atoms with Gasteiger partial charge in [0.2, 0.25) is 5.91 Å². The Kier molecular flexibility index (Phi) is 5.55. The van der Waals surface area contributed by atoms with E-state index in [1.165, 1.54) is 6.07 Å². The summed E-state index contributed by atoms with van der Waals surface area (Å²) < 4.78 is 28.2. The minimum atomic E-state index is -3.75. The molecule has 6 nitrogen and oxygen atoms in total. The normalized spacial score (nSPS) is 14.8. The van der Waals surface area contributed by atoms with E-state index in [1.54, 1.807) is 24.3 Å². The van der Waals surface area contributed by atoms with Crippen molar-refractivity contribution in [1.82, 2.24) is 5.32 Å². The van der Waals surface area contributed by atoms with Crippen molar-refractivity contribution < 1.29 is 13.2 Å². The van der Waals surface area contributed by atoms with Crippen molar-refractivity contribution in [2.75, 3.05) is 11.1 Å². The summed E-state index contributed by atoms with van der Waals surface area (Å²) in [5, 5.41) is 6.56. The molecular weight excluding hydrogens is 394 g/mol. The SMILES string of the molecule is Cc1ccc2c(c1)NC(SCC(=O)NCc1ccc(Cl)cc1)=NS2(=O)=O. The van der Waals surface area contributed by atoms with Crippen molar-refractivity contribution >= 4 is 50.1 Å². The number of anilines is 1. The number of carbonyl (C=O) groups is 1. The van der Waals surface area contributed by atoms with E-state index >= 15 is 0 Å². The summed E-state index contributed by atoms with van der Waals surface area (Å²) >= 11 is 6.86. The Labute approximate surface area is 161 Å². The average Bonchev–Trinajstić information content (AvgIpc) is 2.58. The molecule has 0 aliphatic carbocycles. The number of thioether (sulfide) groups is 1. The highest BCUT2D eigenvalue weighted by Crippen LogP contribution is 2.30. The number of amidine groups is 1. The number of hydrogen-bond acceptors (Lipinski definition) is 5. The fourth-order valence-corrected chi connectivity index (χ4v) is 4.49. The van der Waals surface area contributed by atoms with Crippen LogP contribution in [0.3, 0.4) is 0 Å². The van der Waals surface area contributed by atoms with E-state index in [1.807, 2.05) is 19.1 Å². The lowest BCUT2D eigenvalue weighted by molar-refractivity contribution is -0.118. The second kappa shape index (κ2) is 7.69. The first-order valence-electron chi connectivity index (χ1n) is 7.70. The number of amides is 1.